The lowest BCUT2D eigenvalue weighted by atomic mass is 10.2. The Morgan fingerprint density at radius 1 is 0.875 bits per heavy atom. The molecule has 0 bridgehead atoms. The minimum atomic E-state index is -2.90. The lowest BCUT2D eigenvalue weighted by Gasteiger charge is -2.29. The van der Waals surface area contributed by atoms with E-state index in [4.69, 9.17) is 9.05 Å². The SMILES string of the molecule is CCC(O)(CC)O[PH](=O)OC(O)(CC)CC. The number of aliphatic hydroxyl groups is 2. The number of hydrogen-bond donors (Lipinski definition) is 2. The minimum absolute atomic E-state index is 0.319. The van der Waals surface area contributed by atoms with Crippen LogP contribution >= 0.6 is 8.25 Å². The van der Waals surface area contributed by atoms with Crippen molar-refractivity contribution >= 4 is 8.25 Å². The minimum Gasteiger partial charge on any atom is -0.365 e. The van der Waals surface area contributed by atoms with Crippen LogP contribution in [-0.2, 0) is 13.6 Å². The Hall–Kier alpha value is 0.0700. The Bertz CT molecular complexity index is 201. The summed E-state index contributed by atoms with van der Waals surface area (Å²) in [6.07, 6.45) is 1.28. The van der Waals surface area contributed by atoms with Gasteiger partial charge in [-0.25, -0.2) is 0 Å². The molecule has 0 amide bonds. The van der Waals surface area contributed by atoms with E-state index in [1.807, 2.05) is 0 Å². The average Bonchev–Trinajstić information content (AvgIpc) is 2.28. The number of rotatable bonds is 8. The molecule has 5 nitrogen and oxygen atoms in total. The summed E-state index contributed by atoms with van der Waals surface area (Å²) < 4.78 is 21.4. The van der Waals surface area contributed by atoms with Gasteiger partial charge in [-0.15, -0.1) is 0 Å². The molecule has 0 aliphatic heterocycles. The van der Waals surface area contributed by atoms with Gasteiger partial charge in [0.15, 0.2) is 11.6 Å². The Balaban J connectivity index is 4.38. The average molecular weight is 254 g/mol. The molecule has 0 aliphatic carbocycles. The summed E-state index contributed by atoms with van der Waals surface area (Å²) in [6.45, 7) is 6.91. The molecular formula is C10H23O5P. The zero-order chi connectivity index (χ0) is 12.8. The van der Waals surface area contributed by atoms with Crippen molar-refractivity contribution in [3.63, 3.8) is 0 Å². The lowest BCUT2D eigenvalue weighted by Crippen LogP contribution is -2.31. The van der Waals surface area contributed by atoms with Crippen molar-refractivity contribution in [2.45, 2.75) is 65.0 Å². The summed E-state index contributed by atoms with van der Waals surface area (Å²) >= 11 is 0. The van der Waals surface area contributed by atoms with Crippen molar-refractivity contribution in [1.82, 2.24) is 0 Å². The molecule has 16 heavy (non-hydrogen) atoms. The van der Waals surface area contributed by atoms with Crippen LogP contribution in [0, 0.1) is 0 Å². The summed E-state index contributed by atoms with van der Waals surface area (Å²) in [5.41, 5.74) is 0. The van der Waals surface area contributed by atoms with E-state index in [2.05, 4.69) is 0 Å². The molecule has 0 aliphatic rings. The van der Waals surface area contributed by atoms with Gasteiger partial charge in [0.2, 0.25) is 0 Å². The zero-order valence-electron chi connectivity index (χ0n) is 10.4. The molecule has 2 N–H and O–H groups in total. The van der Waals surface area contributed by atoms with Crippen LogP contribution in [0.5, 0.6) is 0 Å². The van der Waals surface area contributed by atoms with Gasteiger partial charge in [-0.3, -0.25) is 13.6 Å². The second kappa shape index (κ2) is 6.72. The van der Waals surface area contributed by atoms with Crippen LogP contribution in [0.2, 0.25) is 0 Å². The Labute approximate surface area is 97.7 Å². The molecule has 0 saturated carbocycles. The smallest absolute Gasteiger partial charge is 0.324 e. The predicted octanol–water partition coefficient (Wildman–Crippen LogP) is 2.43. The topological polar surface area (TPSA) is 76.0 Å². The van der Waals surface area contributed by atoms with Crippen molar-refractivity contribution in [3.8, 4) is 0 Å². The van der Waals surface area contributed by atoms with E-state index in [1.165, 1.54) is 0 Å². The quantitative estimate of drug-likeness (QED) is 0.514. The van der Waals surface area contributed by atoms with Crippen molar-refractivity contribution in [2.75, 3.05) is 0 Å². The van der Waals surface area contributed by atoms with Crippen LogP contribution < -0.4 is 0 Å². The first-order valence-electron chi connectivity index (χ1n) is 5.71. The third-order valence-corrected chi connectivity index (χ3v) is 3.85. The van der Waals surface area contributed by atoms with E-state index < -0.39 is 19.8 Å². The van der Waals surface area contributed by atoms with Gasteiger partial charge in [0.25, 0.3) is 0 Å². The molecule has 0 unspecified atom stereocenters. The largest absolute Gasteiger partial charge is 0.365 e. The van der Waals surface area contributed by atoms with E-state index in [0.717, 1.165) is 0 Å². The van der Waals surface area contributed by atoms with Gasteiger partial charge < -0.3 is 10.2 Å². The van der Waals surface area contributed by atoms with Crippen LogP contribution in [0.4, 0.5) is 0 Å². The molecular weight excluding hydrogens is 231 g/mol. The first-order valence-corrected chi connectivity index (χ1v) is 6.94. The van der Waals surface area contributed by atoms with Crippen LogP contribution in [0.3, 0.4) is 0 Å². The molecule has 0 aromatic carbocycles. The highest BCUT2D eigenvalue weighted by Gasteiger charge is 2.31. The fourth-order valence-corrected chi connectivity index (χ4v) is 2.36. The molecule has 0 atom stereocenters. The molecule has 0 heterocycles. The molecule has 0 rings (SSSR count). The van der Waals surface area contributed by atoms with Crippen molar-refractivity contribution in [1.29, 1.82) is 0 Å². The van der Waals surface area contributed by atoms with Gasteiger partial charge in [-0.2, -0.15) is 0 Å². The summed E-state index contributed by atoms with van der Waals surface area (Å²) in [5.74, 6) is -2.86. The summed E-state index contributed by atoms with van der Waals surface area (Å²) in [4.78, 5) is 0. The van der Waals surface area contributed by atoms with Gasteiger partial charge in [-0.05, 0) is 25.7 Å². The summed E-state index contributed by atoms with van der Waals surface area (Å²) in [7, 11) is -2.90. The van der Waals surface area contributed by atoms with Crippen molar-refractivity contribution < 1.29 is 23.8 Å². The van der Waals surface area contributed by atoms with Crippen LogP contribution in [0.1, 0.15) is 53.4 Å². The third-order valence-electron chi connectivity index (χ3n) is 2.76. The van der Waals surface area contributed by atoms with E-state index in [1.54, 1.807) is 27.7 Å². The van der Waals surface area contributed by atoms with E-state index in [-0.39, 0.29) is 0 Å². The van der Waals surface area contributed by atoms with Gasteiger partial charge in [0, 0.05) is 0 Å². The molecule has 0 radical (unpaired) electrons. The molecule has 0 spiro atoms. The molecule has 0 saturated heterocycles. The maximum absolute atomic E-state index is 11.5. The normalized spacial score (nSPS) is 13.4. The predicted molar refractivity (Wildman–Crippen MR) is 62.2 cm³/mol. The van der Waals surface area contributed by atoms with Gasteiger partial charge in [0.05, 0.1) is 0 Å². The first kappa shape index (κ1) is 16.1. The maximum atomic E-state index is 11.5. The third kappa shape index (κ3) is 4.93. The van der Waals surface area contributed by atoms with Crippen molar-refractivity contribution in [3.05, 3.63) is 0 Å². The zero-order valence-corrected chi connectivity index (χ0v) is 11.4. The maximum Gasteiger partial charge on any atom is 0.324 e. The number of hydrogen-bond acceptors (Lipinski definition) is 5. The fourth-order valence-electron chi connectivity index (χ4n) is 1.12. The van der Waals surface area contributed by atoms with Crippen molar-refractivity contribution in [2.24, 2.45) is 0 Å². The van der Waals surface area contributed by atoms with Gasteiger partial charge >= 0.3 is 8.25 Å². The summed E-state index contributed by atoms with van der Waals surface area (Å²) in [6, 6.07) is 0. The van der Waals surface area contributed by atoms with Crippen LogP contribution in [0.25, 0.3) is 0 Å². The standard InChI is InChI=1S/C10H23O5P/c1-5-9(11,6-2)14-16(13)15-10(12,7-3)8-4/h11-12,16H,5-8H2,1-4H3. The van der Waals surface area contributed by atoms with Crippen LogP contribution in [0.15, 0.2) is 0 Å². The summed E-state index contributed by atoms with van der Waals surface area (Å²) in [5, 5.41) is 19.6. The van der Waals surface area contributed by atoms with Gasteiger partial charge in [0.1, 0.15) is 0 Å². The van der Waals surface area contributed by atoms with E-state index in [9.17, 15) is 14.8 Å². The Morgan fingerprint density at radius 3 is 1.31 bits per heavy atom. The highest BCUT2D eigenvalue weighted by atomic mass is 31.1. The van der Waals surface area contributed by atoms with Crippen LogP contribution in [-0.4, -0.2) is 21.8 Å². The Morgan fingerprint density at radius 2 is 1.12 bits per heavy atom. The molecule has 0 fully saturated rings. The highest BCUT2D eigenvalue weighted by Crippen LogP contribution is 2.38. The second-order valence-electron chi connectivity index (χ2n) is 3.76. The first-order chi connectivity index (χ1) is 7.34. The molecule has 0 aromatic rings. The van der Waals surface area contributed by atoms with Gasteiger partial charge in [-0.1, -0.05) is 27.7 Å². The lowest BCUT2D eigenvalue weighted by molar-refractivity contribution is -0.176. The van der Waals surface area contributed by atoms with E-state index >= 15 is 0 Å². The molecule has 0 aromatic heterocycles. The Kier molecular flexibility index (Phi) is 6.75. The van der Waals surface area contributed by atoms with E-state index in [0.29, 0.717) is 25.7 Å². The highest BCUT2D eigenvalue weighted by molar-refractivity contribution is 7.33. The fraction of sp³-hybridized carbons (Fsp3) is 1.00. The monoisotopic (exact) mass is 254 g/mol. The molecule has 6 heteroatoms. The second-order valence-corrected chi connectivity index (χ2v) is 4.67. The molecule has 98 valence electrons.